The van der Waals surface area contributed by atoms with Gasteiger partial charge in [0, 0.05) is 6.08 Å². The van der Waals surface area contributed by atoms with Crippen LogP contribution in [0.4, 0.5) is 0 Å². The summed E-state index contributed by atoms with van der Waals surface area (Å²) in [7, 11) is 0. The van der Waals surface area contributed by atoms with E-state index in [9.17, 15) is 15.0 Å². The molecular formula is C16H26O7. The quantitative estimate of drug-likeness (QED) is 0.424. The molecule has 0 aromatic carbocycles. The van der Waals surface area contributed by atoms with E-state index in [1.165, 1.54) is 6.08 Å². The summed E-state index contributed by atoms with van der Waals surface area (Å²) in [6, 6.07) is 0. The zero-order valence-corrected chi connectivity index (χ0v) is 14.0. The molecule has 3 unspecified atom stereocenters. The molecule has 7 heteroatoms. The Labute approximate surface area is 136 Å². The van der Waals surface area contributed by atoms with Crippen molar-refractivity contribution in [3.63, 3.8) is 0 Å². The van der Waals surface area contributed by atoms with Gasteiger partial charge in [-0.05, 0) is 40.5 Å². The summed E-state index contributed by atoms with van der Waals surface area (Å²) in [5.74, 6) is -0.378. The molecule has 0 aromatic heterocycles. The molecule has 7 nitrogen and oxygen atoms in total. The summed E-state index contributed by atoms with van der Waals surface area (Å²) in [5, 5.41) is 19.6. The standard InChI is InChI=1S/C16H26O7/c1-9(7-5-6-8-10(17)23-16(2,3)4)20-14-12(19)11(18)13-15(21-13)22-14/h6,8-9,11-15,18-19H,5,7H2,1-4H3/b8-6+/t9?,11?,12-,13+,14+,15?/m0/s1. The van der Waals surface area contributed by atoms with Crippen LogP contribution in [0.1, 0.15) is 40.5 Å². The zero-order chi connectivity index (χ0) is 17.2. The number of hydrogen-bond acceptors (Lipinski definition) is 7. The van der Waals surface area contributed by atoms with E-state index in [0.29, 0.717) is 12.8 Å². The third-order valence-corrected chi connectivity index (χ3v) is 3.48. The van der Waals surface area contributed by atoms with Gasteiger partial charge in [-0.15, -0.1) is 0 Å². The van der Waals surface area contributed by atoms with Crippen molar-refractivity contribution < 1.29 is 34.0 Å². The Morgan fingerprint density at radius 2 is 1.96 bits per heavy atom. The summed E-state index contributed by atoms with van der Waals surface area (Å²) in [4.78, 5) is 11.5. The lowest BCUT2D eigenvalue weighted by atomic mass is 10.1. The minimum Gasteiger partial charge on any atom is -0.457 e. The number of fused-ring (bicyclic) bond motifs is 1. The van der Waals surface area contributed by atoms with Crippen molar-refractivity contribution >= 4 is 5.97 Å². The van der Waals surface area contributed by atoms with Gasteiger partial charge in [-0.3, -0.25) is 0 Å². The predicted octanol–water partition coefficient (Wildman–Crippen LogP) is 0.873. The number of allylic oxidation sites excluding steroid dienone is 1. The Balaban J connectivity index is 1.67. The second-order valence-corrected chi connectivity index (χ2v) is 6.91. The van der Waals surface area contributed by atoms with Gasteiger partial charge in [-0.1, -0.05) is 6.08 Å². The molecule has 2 aliphatic heterocycles. The third-order valence-electron chi connectivity index (χ3n) is 3.48. The Morgan fingerprint density at radius 1 is 1.26 bits per heavy atom. The molecule has 0 radical (unpaired) electrons. The number of rotatable bonds is 6. The Morgan fingerprint density at radius 3 is 2.61 bits per heavy atom. The summed E-state index contributed by atoms with van der Waals surface area (Å²) < 4.78 is 21.2. The first kappa shape index (κ1) is 18.4. The molecule has 2 fully saturated rings. The molecule has 2 N–H and O–H groups in total. The number of carbonyl (C=O) groups excluding carboxylic acids is 1. The molecule has 2 saturated heterocycles. The maximum absolute atomic E-state index is 11.5. The molecule has 2 rings (SSSR count). The van der Waals surface area contributed by atoms with Crippen molar-refractivity contribution in [1.29, 1.82) is 0 Å². The molecule has 0 aromatic rings. The molecule has 0 aliphatic carbocycles. The monoisotopic (exact) mass is 330 g/mol. The third kappa shape index (κ3) is 5.54. The van der Waals surface area contributed by atoms with Gasteiger partial charge in [0.1, 0.15) is 23.9 Å². The molecule has 0 spiro atoms. The molecule has 6 atom stereocenters. The van der Waals surface area contributed by atoms with Gasteiger partial charge in [-0.2, -0.15) is 0 Å². The van der Waals surface area contributed by atoms with E-state index in [1.54, 1.807) is 6.08 Å². The maximum Gasteiger partial charge on any atom is 0.330 e. The molecule has 2 aliphatic rings. The van der Waals surface area contributed by atoms with Gasteiger partial charge in [0.15, 0.2) is 12.6 Å². The highest BCUT2D eigenvalue weighted by Crippen LogP contribution is 2.36. The van der Waals surface area contributed by atoms with Crippen LogP contribution < -0.4 is 0 Å². The van der Waals surface area contributed by atoms with E-state index in [0.717, 1.165) is 0 Å². The van der Waals surface area contributed by atoms with Crippen LogP contribution in [0.5, 0.6) is 0 Å². The second-order valence-electron chi connectivity index (χ2n) is 6.91. The van der Waals surface area contributed by atoms with Gasteiger partial charge < -0.3 is 29.2 Å². The van der Waals surface area contributed by atoms with Gasteiger partial charge in [0.2, 0.25) is 0 Å². The van der Waals surface area contributed by atoms with Crippen LogP contribution in [0.15, 0.2) is 12.2 Å². The molecular weight excluding hydrogens is 304 g/mol. The van der Waals surface area contributed by atoms with Gasteiger partial charge in [0.05, 0.1) is 6.10 Å². The number of carbonyl (C=O) groups is 1. The average Bonchev–Trinajstić information content (AvgIpc) is 3.18. The van der Waals surface area contributed by atoms with E-state index in [1.807, 2.05) is 27.7 Å². The van der Waals surface area contributed by atoms with Crippen molar-refractivity contribution in [1.82, 2.24) is 0 Å². The van der Waals surface area contributed by atoms with E-state index >= 15 is 0 Å². The SMILES string of the molecule is CC(CC/C=C/C(=O)OC(C)(C)C)O[C@@H]1OC2O[C@@H]2C(O)[C@@H]1O. The summed E-state index contributed by atoms with van der Waals surface area (Å²) in [6.07, 6.45) is 0.216. The highest BCUT2D eigenvalue weighted by atomic mass is 16.8. The highest BCUT2D eigenvalue weighted by Gasteiger charge is 2.56. The number of aliphatic hydroxyl groups excluding tert-OH is 2. The van der Waals surface area contributed by atoms with Crippen LogP contribution in [0, 0.1) is 0 Å². The van der Waals surface area contributed by atoms with Crippen LogP contribution in [-0.2, 0) is 23.7 Å². The van der Waals surface area contributed by atoms with Crippen LogP contribution in [0.2, 0.25) is 0 Å². The summed E-state index contributed by atoms with van der Waals surface area (Å²) in [5.41, 5.74) is -0.504. The van der Waals surface area contributed by atoms with E-state index in [2.05, 4.69) is 0 Å². The van der Waals surface area contributed by atoms with Crippen molar-refractivity contribution in [2.75, 3.05) is 0 Å². The predicted molar refractivity (Wildman–Crippen MR) is 80.3 cm³/mol. The first-order chi connectivity index (χ1) is 10.7. The van der Waals surface area contributed by atoms with Crippen LogP contribution in [0.25, 0.3) is 0 Å². The average molecular weight is 330 g/mol. The van der Waals surface area contributed by atoms with Crippen LogP contribution in [-0.4, -0.2) is 58.8 Å². The first-order valence-corrected chi connectivity index (χ1v) is 7.89. The molecule has 0 bridgehead atoms. The van der Waals surface area contributed by atoms with Crippen molar-refractivity contribution in [2.45, 2.75) is 83.1 Å². The lowest BCUT2D eigenvalue weighted by Crippen LogP contribution is -2.49. The lowest BCUT2D eigenvalue weighted by molar-refractivity contribution is -0.257. The number of ether oxygens (including phenoxy) is 4. The molecule has 23 heavy (non-hydrogen) atoms. The van der Waals surface area contributed by atoms with Crippen molar-refractivity contribution in [2.24, 2.45) is 0 Å². The Hall–Kier alpha value is -0.990. The lowest BCUT2D eigenvalue weighted by Gasteiger charge is -2.31. The smallest absolute Gasteiger partial charge is 0.330 e. The van der Waals surface area contributed by atoms with E-state index < -0.39 is 36.5 Å². The fraction of sp³-hybridized carbons (Fsp3) is 0.812. The van der Waals surface area contributed by atoms with Crippen LogP contribution in [0.3, 0.4) is 0 Å². The number of hydrogen-bond donors (Lipinski definition) is 2. The number of aliphatic hydroxyl groups is 2. The Bertz CT molecular complexity index is 442. The van der Waals surface area contributed by atoms with Gasteiger partial charge in [0.25, 0.3) is 0 Å². The number of epoxide rings is 1. The van der Waals surface area contributed by atoms with Gasteiger partial charge >= 0.3 is 5.97 Å². The minimum atomic E-state index is -1.13. The molecule has 2 heterocycles. The second kappa shape index (κ2) is 7.27. The van der Waals surface area contributed by atoms with E-state index in [-0.39, 0.29) is 12.1 Å². The minimum absolute atomic E-state index is 0.208. The first-order valence-electron chi connectivity index (χ1n) is 7.89. The fourth-order valence-corrected chi connectivity index (χ4v) is 2.28. The zero-order valence-electron chi connectivity index (χ0n) is 14.0. The van der Waals surface area contributed by atoms with E-state index in [4.69, 9.17) is 18.9 Å². The molecule has 0 amide bonds. The fourth-order valence-electron chi connectivity index (χ4n) is 2.28. The molecule has 132 valence electrons. The topological polar surface area (TPSA) is 97.8 Å². The largest absolute Gasteiger partial charge is 0.457 e. The molecule has 0 saturated carbocycles. The summed E-state index contributed by atoms with van der Waals surface area (Å²) in [6.45, 7) is 7.27. The van der Waals surface area contributed by atoms with Gasteiger partial charge in [-0.25, -0.2) is 4.79 Å². The van der Waals surface area contributed by atoms with Crippen molar-refractivity contribution in [3.8, 4) is 0 Å². The maximum atomic E-state index is 11.5. The number of esters is 1. The van der Waals surface area contributed by atoms with Crippen LogP contribution >= 0.6 is 0 Å². The Kier molecular flexibility index (Phi) is 5.80. The highest BCUT2D eigenvalue weighted by molar-refractivity contribution is 5.82. The van der Waals surface area contributed by atoms with Crippen molar-refractivity contribution in [3.05, 3.63) is 12.2 Å². The normalized spacial score (nSPS) is 35.0. The summed E-state index contributed by atoms with van der Waals surface area (Å²) >= 11 is 0.